The van der Waals surface area contributed by atoms with Crippen LogP contribution in [0.4, 0.5) is 0 Å². The second kappa shape index (κ2) is 5.98. The Kier molecular flexibility index (Phi) is 4.75. The summed E-state index contributed by atoms with van der Waals surface area (Å²) in [6, 6.07) is 0.408. The highest BCUT2D eigenvalue weighted by Gasteiger charge is 2.45. The van der Waals surface area contributed by atoms with Crippen molar-refractivity contribution in [3.63, 3.8) is 0 Å². The van der Waals surface area contributed by atoms with Crippen LogP contribution < -0.4 is 5.32 Å². The van der Waals surface area contributed by atoms with Crippen molar-refractivity contribution >= 4 is 18.3 Å². The van der Waals surface area contributed by atoms with E-state index in [1.54, 1.807) is 0 Å². The molecule has 3 fully saturated rings. The van der Waals surface area contributed by atoms with Gasteiger partial charge in [-0.3, -0.25) is 4.79 Å². The van der Waals surface area contributed by atoms with Crippen molar-refractivity contribution in [3.05, 3.63) is 0 Å². The Morgan fingerprint density at radius 3 is 2.63 bits per heavy atom. The van der Waals surface area contributed by atoms with E-state index in [-0.39, 0.29) is 30.0 Å². The molecule has 0 aromatic carbocycles. The predicted molar refractivity (Wildman–Crippen MR) is 76.6 cm³/mol. The largest absolute Gasteiger partial charge is 0.362 e. The maximum atomic E-state index is 12.5. The summed E-state index contributed by atoms with van der Waals surface area (Å²) in [6.45, 7) is 5.14. The lowest BCUT2D eigenvalue weighted by Crippen LogP contribution is -2.45. The molecule has 2 unspecified atom stereocenters. The third-order valence-corrected chi connectivity index (χ3v) is 4.88. The minimum atomic E-state index is -0.163. The van der Waals surface area contributed by atoms with E-state index in [0.29, 0.717) is 6.04 Å². The van der Waals surface area contributed by atoms with Gasteiger partial charge in [0.25, 0.3) is 5.91 Å². The SMILES string of the molecule is CC1CCCN1C(=O)C1CCC2(CCNCC2)O1.Cl. The van der Waals surface area contributed by atoms with Crippen molar-refractivity contribution < 1.29 is 9.53 Å². The lowest BCUT2D eigenvalue weighted by atomic mass is 9.89. The first-order valence-electron chi connectivity index (χ1n) is 7.39. The van der Waals surface area contributed by atoms with Crippen molar-refractivity contribution in [3.8, 4) is 0 Å². The molecule has 3 saturated heterocycles. The molecule has 3 aliphatic rings. The molecule has 19 heavy (non-hydrogen) atoms. The zero-order valence-corrected chi connectivity index (χ0v) is 12.5. The van der Waals surface area contributed by atoms with Gasteiger partial charge in [0.1, 0.15) is 6.10 Å². The molecule has 0 radical (unpaired) electrons. The van der Waals surface area contributed by atoms with Gasteiger partial charge in [0.2, 0.25) is 0 Å². The molecule has 4 nitrogen and oxygen atoms in total. The van der Waals surface area contributed by atoms with Crippen molar-refractivity contribution in [2.45, 2.75) is 63.2 Å². The van der Waals surface area contributed by atoms with Crippen LogP contribution in [0.5, 0.6) is 0 Å². The molecule has 110 valence electrons. The second-order valence-electron chi connectivity index (χ2n) is 6.10. The van der Waals surface area contributed by atoms with E-state index in [0.717, 1.165) is 58.2 Å². The zero-order chi connectivity index (χ0) is 12.6. The molecule has 1 N–H and O–H groups in total. The van der Waals surface area contributed by atoms with Crippen LogP contribution in [0.1, 0.15) is 45.4 Å². The molecular weight excluding hydrogens is 264 g/mol. The van der Waals surface area contributed by atoms with Crippen LogP contribution in [-0.2, 0) is 9.53 Å². The van der Waals surface area contributed by atoms with E-state index in [2.05, 4.69) is 12.2 Å². The topological polar surface area (TPSA) is 41.6 Å². The first kappa shape index (κ1) is 15.1. The molecule has 3 heterocycles. The Bertz CT molecular complexity index is 331. The van der Waals surface area contributed by atoms with Gasteiger partial charge in [0.05, 0.1) is 5.60 Å². The smallest absolute Gasteiger partial charge is 0.251 e. The predicted octanol–water partition coefficient (Wildman–Crippen LogP) is 1.72. The number of nitrogens with one attached hydrogen (secondary N) is 1. The van der Waals surface area contributed by atoms with Crippen LogP contribution >= 0.6 is 12.4 Å². The van der Waals surface area contributed by atoms with Crippen LogP contribution in [-0.4, -0.2) is 48.2 Å². The van der Waals surface area contributed by atoms with E-state index in [1.165, 1.54) is 0 Å². The Hall–Kier alpha value is -0.320. The number of nitrogens with zero attached hydrogens (tertiary/aromatic N) is 1. The van der Waals surface area contributed by atoms with E-state index in [9.17, 15) is 4.79 Å². The molecule has 2 atom stereocenters. The minimum absolute atomic E-state index is 0. The number of likely N-dealkylation sites (tertiary alicyclic amines) is 1. The van der Waals surface area contributed by atoms with Crippen molar-refractivity contribution in [1.82, 2.24) is 10.2 Å². The normalized spacial score (nSPS) is 33.4. The summed E-state index contributed by atoms with van der Waals surface area (Å²) in [7, 11) is 0. The van der Waals surface area contributed by atoms with E-state index in [4.69, 9.17) is 4.74 Å². The number of ether oxygens (including phenoxy) is 1. The van der Waals surface area contributed by atoms with Gasteiger partial charge in [-0.25, -0.2) is 0 Å². The van der Waals surface area contributed by atoms with Gasteiger partial charge in [-0.15, -0.1) is 12.4 Å². The molecule has 1 spiro atoms. The third kappa shape index (κ3) is 2.91. The summed E-state index contributed by atoms with van der Waals surface area (Å²) in [4.78, 5) is 14.5. The molecule has 3 aliphatic heterocycles. The summed E-state index contributed by atoms with van der Waals surface area (Å²) in [6.07, 6.45) is 6.24. The molecule has 5 heteroatoms. The van der Waals surface area contributed by atoms with Gasteiger partial charge in [-0.1, -0.05) is 0 Å². The fourth-order valence-corrected chi connectivity index (χ4v) is 3.68. The highest BCUT2D eigenvalue weighted by Crippen LogP contribution is 2.38. The molecule has 1 amide bonds. The summed E-state index contributed by atoms with van der Waals surface area (Å²) in [5, 5.41) is 3.37. The molecule has 0 aromatic rings. The van der Waals surface area contributed by atoms with Gasteiger partial charge < -0.3 is 15.0 Å². The maximum Gasteiger partial charge on any atom is 0.251 e. The van der Waals surface area contributed by atoms with E-state index >= 15 is 0 Å². The van der Waals surface area contributed by atoms with Gasteiger partial charge >= 0.3 is 0 Å². The zero-order valence-electron chi connectivity index (χ0n) is 11.7. The van der Waals surface area contributed by atoms with Gasteiger partial charge in [-0.05, 0) is 58.5 Å². The molecular formula is C14H25ClN2O2. The summed E-state index contributed by atoms with van der Waals surface area (Å²) in [5.74, 6) is 0.246. The number of hydrogen-bond donors (Lipinski definition) is 1. The highest BCUT2D eigenvalue weighted by atomic mass is 35.5. The molecule has 0 saturated carbocycles. The standard InChI is InChI=1S/C14H24N2O2.ClH/c1-11-3-2-10-16(11)13(17)12-4-5-14(18-12)6-8-15-9-7-14;/h11-12,15H,2-10H2,1H3;1H. The lowest BCUT2D eigenvalue weighted by molar-refractivity contribution is -0.150. The summed E-state index contributed by atoms with van der Waals surface area (Å²) in [5.41, 5.74) is 0.00847. The average molecular weight is 289 g/mol. The third-order valence-electron chi connectivity index (χ3n) is 4.88. The van der Waals surface area contributed by atoms with Crippen molar-refractivity contribution in [1.29, 1.82) is 0 Å². The van der Waals surface area contributed by atoms with Gasteiger partial charge in [0.15, 0.2) is 0 Å². The van der Waals surface area contributed by atoms with Crippen LogP contribution in [0.15, 0.2) is 0 Å². The van der Waals surface area contributed by atoms with Crippen molar-refractivity contribution in [2.24, 2.45) is 0 Å². The van der Waals surface area contributed by atoms with Gasteiger partial charge in [0, 0.05) is 12.6 Å². The molecule has 3 rings (SSSR count). The van der Waals surface area contributed by atoms with Gasteiger partial charge in [-0.2, -0.15) is 0 Å². The van der Waals surface area contributed by atoms with E-state index in [1.807, 2.05) is 4.90 Å². The van der Waals surface area contributed by atoms with Crippen LogP contribution in [0.2, 0.25) is 0 Å². The Morgan fingerprint density at radius 2 is 2.00 bits per heavy atom. The van der Waals surface area contributed by atoms with E-state index < -0.39 is 0 Å². The Balaban J connectivity index is 0.00000133. The monoisotopic (exact) mass is 288 g/mol. The first-order valence-corrected chi connectivity index (χ1v) is 7.39. The molecule has 0 bridgehead atoms. The number of hydrogen-bond acceptors (Lipinski definition) is 3. The number of carbonyl (C=O) groups excluding carboxylic acids is 1. The lowest BCUT2D eigenvalue weighted by Gasteiger charge is -2.34. The van der Waals surface area contributed by atoms with Crippen molar-refractivity contribution in [2.75, 3.05) is 19.6 Å². The number of halogens is 1. The molecule has 0 aliphatic carbocycles. The molecule has 0 aromatic heterocycles. The quantitative estimate of drug-likeness (QED) is 0.799. The first-order chi connectivity index (χ1) is 8.70. The Morgan fingerprint density at radius 1 is 1.26 bits per heavy atom. The second-order valence-corrected chi connectivity index (χ2v) is 6.10. The summed E-state index contributed by atoms with van der Waals surface area (Å²) >= 11 is 0. The van der Waals surface area contributed by atoms with Crippen LogP contribution in [0, 0.1) is 0 Å². The maximum absolute atomic E-state index is 12.5. The minimum Gasteiger partial charge on any atom is -0.362 e. The average Bonchev–Trinajstić information content (AvgIpc) is 2.97. The fraction of sp³-hybridized carbons (Fsp3) is 0.929. The summed E-state index contributed by atoms with van der Waals surface area (Å²) < 4.78 is 6.18. The fourth-order valence-electron chi connectivity index (χ4n) is 3.68. The highest BCUT2D eigenvalue weighted by molar-refractivity contribution is 5.85. The van der Waals surface area contributed by atoms with Crippen LogP contribution in [0.25, 0.3) is 0 Å². The van der Waals surface area contributed by atoms with Crippen LogP contribution in [0.3, 0.4) is 0 Å². The number of amides is 1. The Labute approximate surface area is 121 Å². The number of carbonyl (C=O) groups is 1. The number of rotatable bonds is 1. The number of piperidine rings is 1.